The minimum Gasteiger partial charge on any atom is -0.461 e. The molecule has 3 aromatic rings. The number of carbonyl (C=O) groups excluding carboxylic acids is 4. The molecule has 2 saturated heterocycles. The Balaban J connectivity index is 1.09. The van der Waals surface area contributed by atoms with E-state index in [1.165, 1.54) is 0 Å². The van der Waals surface area contributed by atoms with Crippen LogP contribution in [0.4, 0.5) is 20.1 Å². The van der Waals surface area contributed by atoms with Gasteiger partial charge in [0.1, 0.15) is 17.7 Å². The summed E-state index contributed by atoms with van der Waals surface area (Å²) in [6.07, 6.45) is 3.44. The Kier molecular flexibility index (Phi) is 9.47. The standard InChI is InChI=1S/C35H45N7O6/c1-22-17-23(18-25-20-36-39-30(22)25)19-29(31(43)47-27-11-15-41(16-12-27)34(46)48-35(2,3)4)38-32(44)40-13-9-26(10-14-40)42-21-24-7-5-6-8-28(24)37-33(42)45/h5-8,17-18,20,26-27,29H,9-16,19,21H2,1-4H3,(H,36,39)(H,37,45)(H,38,44). The summed E-state index contributed by atoms with van der Waals surface area (Å²) in [7, 11) is 0. The molecule has 0 aliphatic carbocycles. The van der Waals surface area contributed by atoms with Gasteiger partial charge >= 0.3 is 24.1 Å². The minimum atomic E-state index is -0.924. The molecule has 3 aliphatic rings. The molecule has 5 amide bonds. The normalized spacial score (nSPS) is 18.2. The SMILES string of the molecule is Cc1cc(CC(NC(=O)N2CCC(N3Cc4ccccc4NC3=O)CC2)C(=O)OC2CCN(C(=O)OC(C)(C)C)CC2)cc2cn[nH]c12. The molecule has 2 fully saturated rings. The molecule has 0 saturated carbocycles. The maximum absolute atomic E-state index is 13.7. The van der Waals surface area contributed by atoms with E-state index in [4.69, 9.17) is 9.47 Å². The number of urea groups is 2. The van der Waals surface area contributed by atoms with Gasteiger partial charge < -0.3 is 34.8 Å². The average molecular weight is 660 g/mol. The largest absolute Gasteiger partial charge is 0.461 e. The number of rotatable bonds is 6. The van der Waals surface area contributed by atoms with Crippen LogP contribution in [-0.4, -0.2) is 99.0 Å². The first-order chi connectivity index (χ1) is 22.9. The molecule has 1 unspecified atom stereocenters. The fraction of sp³-hybridized carbons (Fsp3) is 0.514. The Labute approximate surface area is 280 Å². The molecular weight excluding hydrogens is 614 g/mol. The molecule has 0 spiro atoms. The fourth-order valence-electron chi connectivity index (χ4n) is 6.73. The van der Waals surface area contributed by atoms with Crippen molar-refractivity contribution >= 4 is 40.7 Å². The Morgan fingerprint density at radius 2 is 1.73 bits per heavy atom. The predicted molar refractivity (Wildman–Crippen MR) is 179 cm³/mol. The summed E-state index contributed by atoms with van der Waals surface area (Å²) in [5, 5.41) is 14.0. The van der Waals surface area contributed by atoms with Crippen molar-refractivity contribution in [2.24, 2.45) is 0 Å². The van der Waals surface area contributed by atoms with Crippen molar-refractivity contribution in [2.45, 2.75) is 90.1 Å². The average Bonchev–Trinajstić information content (AvgIpc) is 3.53. The van der Waals surface area contributed by atoms with E-state index in [9.17, 15) is 19.2 Å². The second-order valence-electron chi connectivity index (χ2n) is 14.0. The van der Waals surface area contributed by atoms with Crippen LogP contribution in [-0.2, 0) is 27.2 Å². The van der Waals surface area contributed by atoms with Gasteiger partial charge in [-0.3, -0.25) is 5.10 Å². The van der Waals surface area contributed by atoms with Crippen molar-refractivity contribution in [1.82, 2.24) is 30.2 Å². The van der Waals surface area contributed by atoms with Crippen molar-refractivity contribution in [1.29, 1.82) is 0 Å². The van der Waals surface area contributed by atoms with Crippen LogP contribution in [0.15, 0.2) is 42.6 Å². The quantitative estimate of drug-likeness (QED) is 0.317. The van der Waals surface area contributed by atoms with E-state index >= 15 is 0 Å². The van der Waals surface area contributed by atoms with Crippen LogP contribution in [0.2, 0.25) is 0 Å². The molecule has 48 heavy (non-hydrogen) atoms. The molecule has 0 bridgehead atoms. The van der Waals surface area contributed by atoms with Crippen LogP contribution >= 0.6 is 0 Å². The van der Waals surface area contributed by atoms with Gasteiger partial charge in [-0.15, -0.1) is 0 Å². The lowest BCUT2D eigenvalue weighted by Gasteiger charge is -2.40. The second-order valence-corrected chi connectivity index (χ2v) is 14.0. The Morgan fingerprint density at radius 3 is 2.46 bits per heavy atom. The first-order valence-corrected chi connectivity index (χ1v) is 16.8. The molecule has 13 nitrogen and oxygen atoms in total. The van der Waals surface area contributed by atoms with Crippen molar-refractivity contribution < 1.29 is 28.7 Å². The van der Waals surface area contributed by atoms with E-state index in [1.54, 1.807) is 16.0 Å². The first kappa shape index (κ1) is 33.1. The number of para-hydroxylation sites is 1. The van der Waals surface area contributed by atoms with Crippen molar-refractivity contribution in [3.8, 4) is 0 Å². The number of H-pyrrole nitrogens is 1. The van der Waals surface area contributed by atoms with Gasteiger partial charge in [-0.1, -0.05) is 24.3 Å². The predicted octanol–water partition coefficient (Wildman–Crippen LogP) is 4.95. The number of piperidine rings is 2. The molecule has 256 valence electrons. The molecular formula is C35H45N7O6. The number of aromatic amines is 1. The molecule has 3 aliphatic heterocycles. The minimum absolute atomic E-state index is 0.000576. The zero-order valence-corrected chi connectivity index (χ0v) is 28.1. The second kappa shape index (κ2) is 13.7. The van der Waals surface area contributed by atoms with E-state index < -0.39 is 17.6 Å². The van der Waals surface area contributed by atoms with Gasteiger partial charge in [0.05, 0.1) is 11.7 Å². The summed E-state index contributed by atoms with van der Waals surface area (Å²) in [5.74, 6) is -0.512. The first-order valence-electron chi connectivity index (χ1n) is 16.8. The zero-order chi connectivity index (χ0) is 34.0. The Hall–Kier alpha value is -4.81. The molecule has 2 aromatic carbocycles. The summed E-state index contributed by atoms with van der Waals surface area (Å²) >= 11 is 0. The van der Waals surface area contributed by atoms with Gasteiger partial charge in [-0.25, -0.2) is 19.2 Å². The van der Waals surface area contributed by atoms with Crippen LogP contribution in [0, 0.1) is 6.92 Å². The van der Waals surface area contributed by atoms with Gasteiger partial charge in [0.15, 0.2) is 0 Å². The molecule has 3 N–H and O–H groups in total. The highest BCUT2D eigenvalue weighted by Gasteiger charge is 2.35. The van der Waals surface area contributed by atoms with E-state index in [0.717, 1.165) is 33.3 Å². The van der Waals surface area contributed by atoms with E-state index in [0.29, 0.717) is 58.4 Å². The fourth-order valence-corrected chi connectivity index (χ4v) is 6.73. The van der Waals surface area contributed by atoms with Crippen LogP contribution in [0.5, 0.6) is 0 Å². The molecule has 4 heterocycles. The number of likely N-dealkylation sites (tertiary alicyclic amines) is 2. The summed E-state index contributed by atoms with van der Waals surface area (Å²) in [6.45, 7) is 9.71. The zero-order valence-electron chi connectivity index (χ0n) is 28.1. The third-order valence-corrected chi connectivity index (χ3v) is 9.26. The highest BCUT2D eigenvalue weighted by molar-refractivity contribution is 5.92. The number of amides is 5. The lowest BCUT2D eigenvalue weighted by Crippen LogP contribution is -2.55. The number of anilines is 1. The topological polar surface area (TPSA) is 149 Å². The maximum Gasteiger partial charge on any atom is 0.410 e. The highest BCUT2D eigenvalue weighted by Crippen LogP contribution is 2.28. The smallest absolute Gasteiger partial charge is 0.410 e. The molecule has 0 radical (unpaired) electrons. The third kappa shape index (κ3) is 7.66. The summed E-state index contributed by atoms with van der Waals surface area (Å²) < 4.78 is 11.5. The van der Waals surface area contributed by atoms with Crippen LogP contribution < -0.4 is 10.6 Å². The number of aryl methyl sites for hydroxylation is 1. The number of nitrogens with zero attached hydrogens (tertiary/aromatic N) is 4. The molecule has 1 atom stereocenters. The van der Waals surface area contributed by atoms with Crippen molar-refractivity contribution in [3.63, 3.8) is 0 Å². The third-order valence-electron chi connectivity index (χ3n) is 9.26. The number of carbonyl (C=O) groups is 4. The van der Waals surface area contributed by atoms with Crippen LogP contribution in [0.1, 0.15) is 63.1 Å². The highest BCUT2D eigenvalue weighted by atomic mass is 16.6. The number of ether oxygens (including phenoxy) is 2. The van der Waals surface area contributed by atoms with E-state index in [2.05, 4.69) is 20.8 Å². The van der Waals surface area contributed by atoms with Crippen molar-refractivity contribution in [2.75, 3.05) is 31.5 Å². The van der Waals surface area contributed by atoms with Crippen LogP contribution in [0.25, 0.3) is 10.9 Å². The maximum atomic E-state index is 13.7. The molecule has 6 rings (SSSR count). The van der Waals surface area contributed by atoms with Gasteiger partial charge in [0.25, 0.3) is 0 Å². The number of esters is 1. The van der Waals surface area contributed by atoms with Crippen LogP contribution in [0.3, 0.4) is 0 Å². The molecule has 13 heteroatoms. The van der Waals surface area contributed by atoms with Gasteiger partial charge in [-0.2, -0.15) is 5.10 Å². The number of aromatic nitrogens is 2. The summed E-state index contributed by atoms with van der Waals surface area (Å²) in [6, 6.07) is 10.3. The number of nitrogens with one attached hydrogen (secondary N) is 3. The number of hydrogen-bond acceptors (Lipinski definition) is 7. The van der Waals surface area contributed by atoms with E-state index in [1.807, 2.05) is 69.0 Å². The Bertz CT molecular complexity index is 1670. The summed E-state index contributed by atoms with van der Waals surface area (Å²) in [5.41, 5.74) is 4.10. The lowest BCUT2D eigenvalue weighted by atomic mass is 10.0. The Morgan fingerprint density at radius 1 is 1.02 bits per heavy atom. The van der Waals surface area contributed by atoms with Gasteiger partial charge in [0.2, 0.25) is 0 Å². The monoisotopic (exact) mass is 659 g/mol. The number of fused-ring (bicyclic) bond motifs is 2. The molecule has 1 aromatic heterocycles. The van der Waals surface area contributed by atoms with Gasteiger partial charge in [0, 0.05) is 69.1 Å². The summed E-state index contributed by atoms with van der Waals surface area (Å²) in [4.78, 5) is 57.9. The number of hydrogen-bond donors (Lipinski definition) is 3. The van der Waals surface area contributed by atoms with Gasteiger partial charge in [-0.05, 0) is 69.4 Å². The van der Waals surface area contributed by atoms with Crippen molar-refractivity contribution in [3.05, 3.63) is 59.3 Å². The number of benzene rings is 2. The van der Waals surface area contributed by atoms with E-state index in [-0.39, 0.29) is 36.7 Å². The lowest BCUT2D eigenvalue weighted by molar-refractivity contribution is -0.153.